The van der Waals surface area contributed by atoms with Crippen LogP contribution in [0.2, 0.25) is 0 Å². The van der Waals surface area contributed by atoms with Crippen LogP contribution in [0.5, 0.6) is 0 Å². The fourth-order valence-electron chi connectivity index (χ4n) is 7.77. The summed E-state index contributed by atoms with van der Waals surface area (Å²) in [7, 11) is 0. The first-order valence-electron chi connectivity index (χ1n) is 10.8. The van der Waals surface area contributed by atoms with Crippen molar-refractivity contribution in [3.8, 4) is 0 Å². The molecular formula is C22H34O5. The first-order valence-corrected chi connectivity index (χ1v) is 10.8. The number of aliphatic hydroxyl groups excluding tert-OH is 1. The lowest BCUT2D eigenvalue weighted by atomic mass is 9.49. The molecular weight excluding hydrogens is 344 g/mol. The van der Waals surface area contributed by atoms with Gasteiger partial charge in [-0.1, -0.05) is 20.8 Å². The van der Waals surface area contributed by atoms with Crippen molar-refractivity contribution < 1.29 is 24.5 Å². The molecule has 0 aromatic heterocycles. The van der Waals surface area contributed by atoms with Gasteiger partial charge in [0.25, 0.3) is 0 Å². The molecule has 3 saturated carbocycles. The second kappa shape index (κ2) is 6.47. The smallest absolute Gasteiger partial charge is 0.309 e. The average Bonchev–Trinajstić information content (AvgIpc) is 2.92. The summed E-state index contributed by atoms with van der Waals surface area (Å²) in [5.74, 6) is 0.0523. The van der Waals surface area contributed by atoms with E-state index in [9.17, 15) is 19.8 Å². The summed E-state index contributed by atoms with van der Waals surface area (Å²) < 4.78 is 5.79. The highest BCUT2D eigenvalue weighted by atomic mass is 16.5. The van der Waals surface area contributed by atoms with Crippen LogP contribution in [0.25, 0.3) is 0 Å². The minimum atomic E-state index is -0.690. The normalized spacial score (nSPS) is 50.6. The van der Waals surface area contributed by atoms with Gasteiger partial charge < -0.3 is 14.9 Å². The van der Waals surface area contributed by atoms with Crippen LogP contribution in [0.1, 0.15) is 65.7 Å². The Morgan fingerprint density at radius 1 is 1.11 bits per heavy atom. The van der Waals surface area contributed by atoms with Gasteiger partial charge in [0, 0.05) is 0 Å². The van der Waals surface area contributed by atoms with Crippen LogP contribution < -0.4 is 0 Å². The largest absolute Gasteiger partial charge is 0.481 e. The molecule has 0 amide bonds. The Balaban J connectivity index is 1.66. The lowest BCUT2D eigenvalue weighted by Crippen LogP contribution is -2.51. The van der Waals surface area contributed by atoms with Gasteiger partial charge in [-0.2, -0.15) is 0 Å². The number of hydrogen-bond donors (Lipinski definition) is 2. The molecule has 0 spiro atoms. The molecule has 0 aromatic carbocycles. The van der Waals surface area contributed by atoms with Gasteiger partial charge in [0.05, 0.1) is 24.5 Å². The standard InChI is InChI=1S/C22H34O5/c1-12(19(24)25)15-4-5-16-14-11-27-20(26)18-10-13(23)6-8-22(18,3)17(14)7-9-21(15,16)2/h12-18,23H,4-11H2,1-3H3,(H,24,25)/t12-,13+,14-,15+,16-,17-,18+,21+,22+/m0/s1. The summed E-state index contributed by atoms with van der Waals surface area (Å²) in [6.45, 7) is 6.88. The van der Waals surface area contributed by atoms with Crippen LogP contribution in [0.4, 0.5) is 0 Å². The molecule has 4 fully saturated rings. The summed E-state index contributed by atoms with van der Waals surface area (Å²) in [6.07, 6.45) is 5.87. The van der Waals surface area contributed by atoms with Gasteiger partial charge in [-0.15, -0.1) is 0 Å². The maximum Gasteiger partial charge on any atom is 0.309 e. The monoisotopic (exact) mass is 378 g/mol. The van der Waals surface area contributed by atoms with E-state index < -0.39 is 12.1 Å². The molecule has 1 aliphatic heterocycles. The number of hydrogen-bond acceptors (Lipinski definition) is 4. The molecule has 9 atom stereocenters. The van der Waals surface area contributed by atoms with Crippen molar-refractivity contribution in [1.29, 1.82) is 0 Å². The average molecular weight is 379 g/mol. The maximum atomic E-state index is 12.8. The van der Waals surface area contributed by atoms with Gasteiger partial charge >= 0.3 is 11.9 Å². The molecule has 0 aromatic rings. The van der Waals surface area contributed by atoms with E-state index in [4.69, 9.17) is 4.74 Å². The third-order valence-electron chi connectivity index (χ3n) is 9.37. The molecule has 152 valence electrons. The van der Waals surface area contributed by atoms with Crippen LogP contribution >= 0.6 is 0 Å². The summed E-state index contributed by atoms with van der Waals surface area (Å²) in [6, 6.07) is 0. The van der Waals surface area contributed by atoms with Gasteiger partial charge in [0.2, 0.25) is 0 Å². The molecule has 3 aliphatic carbocycles. The number of fused-ring (bicyclic) bond motifs is 5. The van der Waals surface area contributed by atoms with E-state index in [1.54, 1.807) is 0 Å². The molecule has 2 N–H and O–H groups in total. The number of ether oxygens (including phenoxy) is 1. The van der Waals surface area contributed by atoms with E-state index in [-0.39, 0.29) is 34.6 Å². The predicted molar refractivity (Wildman–Crippen MR) is 99.7 cm³/mol. The highest BCUT2D eigenvalue weighted by Gasteiger charge is 2.62. The highest BCUT2D eigenvalue weighted by Crippen LogP contribution is 2.65. The number of aliphatic carboxylic acids is 1. The van der Waals surface area contributed by atoms with E-state index in [0.29, 0.717) is 30.8 Å². The number of carbonyl (C=O) groups is 2. The van der Waals surface area contributed by atoms with Gasteiger partial charge in [-0.25, -0.2) is 0 Å². The Morgan fingerprint density at radius 2 is 1.78 bits per heavy atom. The van der Waals surface area contributed by atoms with Gasteiger partial charge in [-0.05, 0) is 79.4 Å². The number of rotatable bonds is 2. The Hall–Kier alpha value is -1.10. The van der Waals surface area contributed by atoms with Crippen molar-refractivity contribution in [2.24, 2.45) is 46.3 Å². The number of carboxylic acid groups (broad SMARTS) is 1. The molecule has 0 radical (unpaired) electrons. The van der Waals surface area contributed by atoms with E-state index in [1.807, 2.05) is 6.92 Å². The summed E-state index contributed by atoms with van der Waals surface area (Å²) >= 11 is 0. The lowest BCUT2D eigenvalue weighted by molar-refractivity contribution is -0.155. The Kier molecular flexibility index (Phi) is 4.60. The molecule has 5 nitrogen and oxygen atoms in total. The Labute approximate surface area is 161 Å². The molecule has 0 unspecified atom stereocenters. The lowest BCUT2D eigenvalue weighted by Gasteiger charge is -2.55. The topological polar surface area (TPSA) is 83.8 Å². The highest BCUT2D eigenvalue weighted by molar-refractivity contribution is 5.74. The third-order valence-corrected chi connectivity index (χ3v) is 9.37. The quantitative estimate of drug-likeness (QED) is 0.719. The number of carboxylic acids is 1. The SMILES string of the molecule is C[C@H](C(=O)O)[C@H]1CC[C@H]2[C@@H]3COC(=O)[C@H]4C[C@H](O)CC[C@]4(C)[C@H]3CC[C@]12C. The minimum Gasteiger partial charge on any atom is -0.481 e. The second-order valence-corrected chi connectivity index (χ2v) is 10.3. The van der Waals surface area contributed by atoms with Crippen LogP contribution in [0.15, 0.2) is 0 Å². The first-order chi connectivity index (χ1) is 12.7. The van der Waals surface area contributed by atoms with Gasteiger partial charge in [-0.3, -0.25) is 9.59 Å². The molecule has 4 rings (SSSR count). The van der Waals surface area contributed by atoms with E-state index in [1.165, 1.54) is 0 Å². The Bertz CT molecular complexity index is 632. The first kappa shape index (κ1) is 19.2. The Morgan fingerprint density at radius 3 is 2.48 bits per heavy atom. The predicted octanol–water partition coefficient (Wildman–Crippen LogP) is 3.49. The van der Waals surface area contributed by atoms with Crippen molar-refractivity contribution >= 4 is 11.9 Å². The van der Waals surface area contributed by atoms with Crippen molar-refractivity contribution in [1.82, 2.24) is 0 Å². The van der Waals surface area contributed by atoms with Crippen molar-refractivity contribution in [2.75, 3.05) is 6.61 Å². The molecule has 1 heterocycles. The van der Waals surface area contributed by atoms with Crippen molar-refractivity contribution in [3.05, 3.63) is 0 Å². The van der Waals surface area contributed by atoms with Crippen molar-refractivity contribution in [3.63, 3.8) is 0 Å². The molecule has 1 saturated heterocycles. The fraction of sp³-hybridized carbons (Fsp3) is 0.909. The van der Waals surface area contributed by atoms with Crippen LogP contribution in [0.3, 0.4) is 0 Å². The van der Waals surface area contributed by atoms with Gasteiger partial charge in [0.1, 0.15) is 0 Å². The second-order valence-electron chi connectivity index (χ2n) is 10.3. The zero-order chi connectivity index (χ0) is 19.6. The van der Waals surface area contributed by atoms with Crippen LogP contribution in [0, 0.1) is 46.3 Å². The van der Waals surface area contributed by atoms with E-state index >= 15 is 0 Å². The van der Waals surface area contributed by atoms with E-state index in [2.05, 4.69) is 13.8 Å². The fourth-order valence-corrected chi connectivity index (χ4v) is 7.77. The minimum absolute atomic E-state index is 0.0236. The number of aliphatic hydroxyl groups is 1. The summed E-state index contributed by atoms with van der Waals surface area (Å²) in [4.78, 5) is 24.4. The number of carbonyl (C=O) groups excluding carboxylic acids is 1. The maximum absolute atomic E-state index is 12.8. The van der Waals surface area contributed by atoms with Gasteiger partial charge in [0.15, 0.2) is 0 Å². The number of esters is 1. The third kappa shape index (κ3) is 2.75. The van der Waals surface area contributed by atoms with Crippen LogP contribution in [-0.2, 0) is 14.3 Å². The zero-order valence-corrected chi connectivity index (χ0v) is 16.8. The van der Waals surface area contributed by atoms with Crippen molar-refractivity contribution in [2.45, 2.75) is 71.8 Å². The molecule has 4 aliphatic rings. The van der Waals surface area contributed by atoms with Crippen LogP contribution in [-0.4, -0.2) is 34.9 Å². The number of cyclic esters (lactones) is 1. The summed E-state index contributed by atoms with van der Waals surface area (Å²) in [5.41, 5.74) is -0.0783. The zero-order valence-electron chi connectivity index (χ0n) is 16.8. The molecule has 5 heteroatoms. The van der Waals surface area contributed by atoms with E-state index in [0.717, 1.165) is 38.5 Å². The molecule has 0 bridgehead atoms. The molecule has 27 heavy (non-hydrogen) atoms. The summed E-state index contributed by atoms with van der Waals surface area (Å²) in [5, 5.41) is 19.7.